The minimum absolute atomic E-state index is 0.0324. The molecule has 9 nitrogen and oxygen atoms in total. The first-order chi connectivity index (χ1) is 16.2. The van der Waals surface area contributed by atoms with Gasteiger partial charge in [0.25, 0.3) is 5.69 Å². The maximum Gasteiger partial charge on any atom is 0.274 e. The Kier molecular flexibility index (Phi) is 8.27. The van der Waals surface area contributed by atoms with E-state index in [1.807, 2.05) is 24.5 Å². The molecule has 1 N–H and O–H groups in total. The third-order valence-corrected chi connectivity index (χ3v) is 6.25. The van der Waals surface area contributed by atoms with Gasteiger partial charge in [0.1, 0.15) is 12.4 Å². The molecule has 0 fully saturated rings. The number of hydrogen-bond donors (Lipinski definition) is 1. The molecular weight excluding hydrogens is 454 g/mol. The number of thioether (sulfide) groups is 1. The van der Waals surface area contributed by atoms with E-state index in [0.717, 1.165) is 16.9 Å². The predicted molar refractivity (Wildman–Crippen MR) is 132 cm³/mol. The third-order valence-electron chi connectivity index (χ3n) is 5.28. The zero-order valence-electron chi connectivity index (χ0n) is 20.0. The van der Waals surface area contributed by atoms with Crippen LogP contribution in [0.3, 0.4) is 0 Å². The molecule has 0 bridgehead atoms. The number of aryl methyl sites for hydroxylation is 2. The van der Waals surface area contributed by atoms with Gasteiger partial charge in [0.05, 0.1) is 10.7 Å². The van der Waals surface area contributed by atoms with E-state index in [-0.39, 0.29) is 24.0 Å². The molecule has 0 saturated heterocycles. The van der Waals surface area contributed by atoms with E-state index in [9.17, 15) is 14.9 Å². The Morgan fingerprint density at radius 1 is 1.21 bits per heavy atom. The van der Waals surface area contributed by atoms with Crippen LogP contribution in [0.5, 0.6) is 5.75 Å². The van der Waals surface area contributed by atoms with Crippen LogP contribution in [0.25, 0.3) is 0 Å². The largest absolute Gasteiger partial charge is 0.485 e. The summed E-state index contributed by atoms with van der Waals surface area (Å²) in [5.41, 5.74) is 3.14. The Hall–Kier alpha value is -3.40. The van der Waals surface area contributed by atoms with Gasteiger partial charge in [-0.05, 0) is 49.9 Å². The second-order valence-corrected chi connectivity index (χ2v) is 9.17. The quantitative estimate of drug-likeness (QED) is 0.238. The van der Waals surface area contributed by atoms with E-state index in [0.29, 0.717) is 34.7 Å². The van der Waals surface area contributed by atoms with Gasteiger partial charge in [-0.15, -0.1) is 10.2 Å². The number of rotatable bonds is 10. The van der Waals surface area contributed by atoms with Crippen molar-refractivity contribution < 1.29 is 14.5 Å². The molecular formula is C24H29N5O4S. The molecule has 3 aromatic rings. The second-order valence-electron chi connectivity index (χ2n) is 8.22. The number of ether oxygens (including phenoxy) is 1. The van der Waals surface area contributed by atoms with Crippen molar-refractivity contribution in [3.63, 3.8) is 0 Å². The maximum atomic E-state index is 12.4. The first-order valence-corrected chi connectivity index (χ1v) is 12.0. The number of amides is 1. The summed E-state index contributed by atoms with van der Waals surface area (Å²) in [5.74, 6) is 1.65. The van der Waals surface area contributed by atoms with Crippen LogP contribution in [0, 0.1) is 24.0 Å². The summed E-state index contributed by atoms with van der Waals surface area (Å²) < 4.78 is 8.02. The lowest BCUT2D eigenvalue weighted by Crippen LogP contribution is -2.15. The topological polar surface area (TPSA) is 112 Å². The number of aromatic nitrogens is 3. The van der Waals surface area contributed by atoms with Gasteiger partial charge in [0.15, 0.2) is 11.0 Å². The maximum absolute atomic E-state index is 12.4. The smallest absolute Gasteiger partial charge is 0.274 e. The van der Waals surface area contributed by atoms with Crippen LogP contribution in [-0.2, 0) is 17.9 Å². The van der Waals surface area contributed by atoms with Crippen LogP contribution in [-0.4, -0.2) is 31.3 Å². The fraction of sp³-hybridized carbons (Fsp3) is 0.375. The number of nitrogens with one attached hydrogen (secondary N) is 1. The molecule has 1 amide bonds. The fourth-order valence-corrected chi connectivity index (χ4v) is 4.27. The minimum Gasteiger partial charge on any atom is -0.485 e. The normalized spacial score (nSPS) is 11.0. The molecule has 0 saturated carbocycles. The van der Waals surface area contributed by atoms with Crippen LogP contribution >= 0.6 is 11.8 Å². The van der Waals surface area contributed by atoms with Crippen molar-refractivity contribution in [3.05, 3.63) is 69.0 Å². The Morgan fingerprint density at radius 3 is 2.65 bits per heavy atom. The molecule has 0 aliphatic heterocycles. The summed E-state index contributed by atoms with van der Waals surface area (Å²) in [4.78, 5) is 23.1. The molecule has 0 unspecified atom stereocenters. The number of nitrogens with zero attached hydrogens (tertiary/aromatic N) is 4. The van der Waals surface area contributed by atoms with Crippen molar-refractivity contribution in [1.82, 2.24) is 14.8 Å². The van der Waals surface area contributed by atoms with Crippen LogP contribution in [0.2, 0.25) is 0 Å². The lowest BCUT2D eigenvalue weighted by Gasteiger charge is -2.15. The Morgan fingerprint density at radius 2 is 1.97 bits per heavy atom. The lowest BCUT2D eigenvalue weighted by molar-refractivity contribution is -0.385. The first-order valence-electron chi connectivity index (χ1n) is 11.0. The molecule has 2 aromatic carbocycles. The molecule has 0 aliphatic carbocycles. The number of benzene rings is 2. The van der Waals surface area contributed by atoms with Gasteiger partial charge in [-0.2, -0.15) is 0 Å². The molecule has 180 valence electrons. The molecule has 0 atom stereocenters. The van der Waals surface area contributed by atoms with Gasteiger partial charge in [-0.25, -0.2) is 0 Å². The first kappa shape index (κ1) is 25.2. The number of anilines is 1. The monoisotopic (exact) mass is 483 g/mol. The van der Waals surface area contributed by atoms with E-state index >= 15 is 0 Å². The van der Waals surface area contributed by atoms with Gasteiger partial charge in [-0.3, -0.25) is 14.9 Å². The average Bonchev–Trinajstić information content (AvgIpc) is 3.19. The highest BCUT2D eigenvalue weighted by Gasteiger charge is 2.16. The van der Waals surface area contributed by atoms with E-state index < -0.39 is 4.92 Å². The van der Waals surface area contributed by atoms with Crippen molar-refractivity contribution >= 4 is 29.0 Å². The van der Waals surface area contributed by atoms with E-state index in [1.54, 1.807) is 19.1 Å². The van der Waals surface area contributed by atoms with Crippen molar-refractivity contribution in [2.75, 3.05) is 11.1 Å². The molecule has 1 aromatic heterocycles. The van der Waals surface area contributed by atoms with Crippen LogP contribution < -0.4 is 10.1 Å². The molecule has 0 spiro atoms. The van der Waals surface area contributed by atoms with Gasteiger partial charge in [-0.1, -0.05) is 43.8 Å². The van der Waals surface area contributed by atoms with Gasteiger partial charge in [0.2, 0.25) is 5.91 Å². The number of carbonyl (C=O) groups excluding carboxylic acids is 1. The third kappa shape index (κ3) is 6.13. The molecule has 10 heteroatoms. The zero-order valence-corrected chi connectivity index (χ0v) is 20.8. The fourth-order valence-electron chi connectivity index (χ4n) is 3.45. The van der Waals surface area contributed by atoms with Gasteiger partial charge in [0, 0.05) is 23.9 Å². The Labute approximate surface area is 203 Å². The van der Waals surface area contributed by atoms with Crippen molar-refractivity contribution in [1.29, 1.82) is 0 Å². The SMILES string of the molecule is CCn1c(COc2cc(C)ccc2C(C)C)nnc1SCC(=O)Nc1ccc(C)c([N+](=O)[O-])c1. The molecule has 34 heavy (non-hydrogen) atoms. The van der Waals surface area contributed by atoms with Crippen LogP contribution in [0.1, 0.15) is 49.2 Å². The second kappa shape index (κ2) is 11.1. The highest BCUT2D eigenvalue weighted by Crippen LogP contribution is 2.28. The van der Waals surface area contributed by atoms with Gasteiger partial charge >= 0.3 is 0 Å². The summed E-state index contributed by atoms with van der Waals surface area (Å²) in [6.07, 6.45) is 0. The molecule has 3 rings (SSSR count). The summed E-state index contributed by atoms with van der Waals surface area (Å²) in [5, 5.41) is 22.9. The van der Waals surface area contributed by atoms with Crippen molar-refractivity contribution in [3.8, 4) is 5.75 Å². The summed E-state index contributed by atoms with van der Waals surface area (Å²) >= 11 is 1.25. The number of nitro groups is 1. The van der Waals surface area contributed by atoms with Crippen LogP contribution in [0.4, 0.5) is 11.4 Å². The van der Waals surface area contributed by atoms with Crippen molar-refractivity contribution in [2.24, 2.45) is 0 Å². The highest BCUT2D eigenvalue weighted by molar-refractivity contribution is 7.99. The Balaban J connectivity index is 1.64. The van der Waals surface area contributed by atoms with E-state index in [2.05, 4.69) is 41.5 Å². The molecule has 0 aliphatic rings. The number of hydrogen-bond acceptors (Lipinski definition) is 7. The lowest BCUT2D eigenvalue weighted by atomic mass is 10.0. The number of carbonyl (C=O) groups is 1. The Bertz CT molecular complexity index is 1190. The molecule has 0 radical (unpaired) electrons. The molecule has 1 heterocycles. The highest BCUT2D eigenvalue weighted by atomic mass is 32.2. The summed E-state index contributed by atoms with van der Waals surface area (Å²) in [7, 11) is 0. The van der Waals surface area contributed by atoms with E-state index in [4.69, 9.17) is 4.74 Å². The average molecular weight is 484 g/mol. The number of nitro benzene ring substituents is 1. The predicted octanol–water partition coefficient (Wildman–Crippen LogP) is 5.26. The zero-order chi connectivity index (χ0) is 24.8. The summed E-state index contributed by atoms with van der Waals surface area (Å²) in [6.45, 7) is 10.8. The minimum atomic E-state index is -0.464. The summed E-state index contributed by atoms with van der Waals surface area (Å²) in [6, 6.07) is 10.8. The van der Waals surface area contributed by atoms with Crippen LogP contribution in [0.15, 0.2) is 41.6 Å². The van der Waals surface area contributed by atoms with E-state index in [1.165, 1.54) is 17.8 Å². The van der Waals surface area contributed by atoms with Gasteiger partial charge < -0.3 is 14.6 Å². The standard InChI is InChI=1S/C24H29N5O4S/c1-6-28-22(13-33-21-11-16(4)7-10-19(21)15(2)3)26-27-24(28)34-14-23(30)25-18-9-8-17(5)20(12-18)29(31)32/h7-12,15H,6,13-14H2,1-5H3,(H,25,30). The van der Waals surface area contributed by atoms with Crippen molar-refractivity contribution in [2.45, 2.75) is 58.8 Å².